The van der Waals surface area contributed by atoms with Crippen molar-refractivity contribution < 1.29 is 20.1 Å². The number of hydrogen-bond donors (Lipinski definition) is 0. The first-order valence-corrected chi connectivity index (χ1v) is 23.7. The largest absolute Gasteiger partial charge is 0 e. The van der Waals surface area contributed by atoms with E-state index in [0.717, 1.165) is 39.1 Å². The summed E-state index contributed by atoms with van der Waals surface area (Å²) in [5.41, 5.74) is 11.1. The van der Waals surface area contributed by atoms with Crippen LogP contribution in [0, 0.1) is 19.1 Å². The second-order valence-electron chi connectivity index (χ2n) is 13.0. The molecule has 1 radical (unpaired) electrons. The normalized spacial score (nSPS) is 11.1. The fraction of sp³-hybridized carbons (Fsp3) is 0.0909. The minimum absolute atomic E-state index is 0. The minimum Gasteiger partial charge on any atom is 0 e. The fourth-order valence-corrected chi connectivity index (χ4v) is 8.23. The van der Waals surface area contributed by atoms with Gasteiger partial charge in [0.25, 0.3) is 0 Å². The molecule has 3 nitrogen and oxygen atoms in total. The van der Waals surface area contributed by atoms with Gasteiger partial charge in [0, 0.05) is 48.3 Å². The Kier molecular flexibility index (Phi) is 10.4. The van der Waals surface area contributed by atoms with Gasteiger partial charge in [-0.3, -0.25) is 0 Å². The van der Waals surface area contributed by atoms with Gasteiger partial charge in [0.15, 0.2) is 0 Å². The Morgan fingerprint density at radius 3 is 1.98 bits per heavy atom. The second kappa shape index (κ2) is 14.9. The number of benzene rings is 5. The van der Waals surface area contributed by atoms with Crippen molar-refractivity contribution in [3.8, 4) is 39.3 Å². The predicted octanol–water partition coefficient (Wildman–Crippen LogP) is 10.7. The fourth-order valence-electron chi connectivity index (χ4n) is 6.06. The zero-order chi connectivity index (χ0) is 33.1. The van der Waals surface area contributed by atoms with E-state index in [1.54, 1.807) is 0 Å². The van der Waals surface area contributed by atoms with Crippen LogP contribution >= 0.6 is 0 Å². The van der Waals surface area contributed by atoms with Crippen molar-refractivity contribution in [1.29, 1.82) is 0 Å². The van der Waals surface area contributed by atoms with E-state index in [4.69, 9.17) is 4.98 Å². The van der Waals surface area contributed by atoms with Gasteiger partial charge in [0.1, 0.15) is 0 Å². The zero-order valence-corrected chi connectivity index (χ0v) is 32.6. The van der Waals surface area contributed by atoms with Gasteiger partial charge >= 0.3 is 99.8 Å². The summed E-state index contributed by atoms with van der Waals surface area (Å²) in [6.45, 7) is 2.13. The van der Waals surface area contributed by atoms with E-state index in [9.17, 15) is 0 Å². The molecule has 0 saturated carbocycles. The average molecular weight is 873 g/mol. The number of aromatic nitrogens is 3. The quantitative estimate of drug-likeness (QED) is 0.127. The van der Waals surface area contributed by atoms with Crippen LogP contribution in [0.15, 0.2) is 152 Å². The van der Waals surface area contributed by atoms with Crippen LogP contribution in [-0.4, -0.2) is 27.8 Å². The molecule has 5 heteroatoms. The molecular formula is C44H37GeIrN3-2. The molecule has 49 heavy (non-hydrogen) atoms. The first-order valence-electron chi connectivity index (χ1n) is 16.3. The second-order valence-corrected chi connectivity index (χ2v) is 23.7. The van der Waals surface area contributed by atoms with E-state index in [1.165, 1.54) is 32.0 Å². The molecule has 0 aliphatic rings. The molecule has 0 spiro atoms. The van der Waals surface area contributed by atoms with Gasteiger partial charge in [-0.25, -0.2) is 0 Å². The first-order chi connectivity index (χ1) is 23.4. The number of nitrogens with zero attached hydrogens (tertiary/aromatic N) is 3. The van der Waals surface area contributed by atoms with Gasteiger partial charge in [0.2, 0.25) is 0 Å². The van der Waals surface area contributed by atoms with E-state index in [2.05, 4.69) is 155 Å². The van der Waals surface area contributed by atoms with Gasteiger partial charge in [-0.2, -0.15) is 0 Å². The average Bonchev–Trinajstić information content (AvgIpc) is 3.46. The molecule has 3 heterocycles. The molecule has 0 bridgehead atoms. The van der Waals surface area contributed by atoms with E-state index in [0.29, 0.717) is 0 Å². The topological polar surface area (TPSA) is 30.7 Å². The number of pyridine rings is 2. The molecule has 0 atom stereocenters. The molecule has 0 aliphatic heterocycles. The maximum atomic E-state index is 4.85. The molecule has 8 aromatic rings. The first kappa shape index (κ1) is 34.3. The number of aryl methyl sites for hydroxylation is 1. The van der Waals surface area contributed by atoms with Crippen LogP contribution in [0.25, 0.3) is 61.1 Å². The van der Waals surface area contributed by atoms with Crippen LogP contribution in [0.4, 0.5) is 0 Å². The monoisotopic (exact) mass is 874 g/mol. The van der Waals surface area contributed by atoms with Gasteiger partial charge in [0.05, 0.1) is 5.52 Å². The third-order valence-electron chi connectivity index (χ3n) is 8.71. The molecule has 0 fully saturated rings. The SMILES string of the molecule is Cc1c[c-]c(-c2cc3c(cn2)c2ccccc2n3-c2ccccc2)cc1-c1ccccc1.[CH3][Ge]([CH3])([CH3])[c]1ccc(-c2[c-]cccc2)nc1.[Ir]. The van der Waals surface area contributed by atoms with E-state index < -0.39 is 13.3 Å². The summed E-state index contributed by atoms with van der Waals surface area (Å²) in [7, 11) is 0. The van der Waals surface area contributed by atoms with E-state index in [1.807, 2.05) is 42.7 Å². The molecule has 0 aliphatic carbocycles. The molecule has 0 amide bonds. The van der Waals surface area contributed by atoms with Gasteiger partial charge < -0.3 is 9.55 Å². The zero-order valence-electron chi connectivity index (χ0n) is 28.1. The van der Waals surface area contributed by atoms with Gasteiger partial charge in [-0.05, 0) is 29.5 Å². The predicted molar refractivity (Wildman–Crippen MR) is 205 cm³/mol. The van der Waals surface area contributed by atoms with Crippen LogP contribution < -0.4 is 4.40 Å². The van der Waals surface area contributed by atoms with Crippen LogP contribution in [0.2, 0.25) is 17.3 Å². The van der Waals surface area contributed by atoms with E-state index in [-0.39, 0.29) is 20.1 Å². The number of hydrogen-bond acceptors (Lipinski definition) is 2. The Hall–Kier alpha value is -4.61. The summed E-state index contributed by atoms with van der Waals surface area (Å²) in [5, 5.41) is 2.37. The Labute approximate surface area is 305 Å². The van der Waals surface area contributed by atoms with Crippen molar-refractivity contribution in [1.82, 2.24) is 14.5 Å². The Bertz CT molecular complexity index is 2310. The van der Waals surface area contributed by atoms with Crippen LogP contribution in [0.3, 0.4) is 0 Å². The Morgan fingerprint density at radius 1 is 0.592 bits per heavy atom. The molecule has 0 unspecified atom stereocenters. The molecule has 0 N–H and O–H groups in total. The van der Waals surface area contributed by atoms with Crippen molar-refractivity contribution >= 4 is 39.5 Å². The molecule has 8 rings (SSSR count). The van der Waals surface area contributed by atoms with Crippen molar-refractivity contribution in [2.75, 3.05) is 0 Å². The third-order valence-corrected chi connectivity index (χ3v) is 13.0. The van der Waals surface area contributed by atoms with Crippen LogP contribution in [0.5, 0.6) is 0 Å². The molecule has 243 valence electrons. The summed E-state index contributed by atoms with van der Waals surface area (Å²) in [5.74, 6) is 7.14. The smallest absolute Gasteiger partial charge is 0 e. The van der Waals surface area contributed by atoms with Gasteiger partial charge in [-0.1, -0.05) is 85.3 Å². The molecule has 3 aromatic heterocycles. The Morgan fingerprint density at radius 2 is 1.29 bits per heavy atom. The summed E-state index contributed by atoms with van der Waals surface area (Å²) in [6.07, 6.45) is 4.04. The molecule has 5 aromatic carbocycles. The van der Waals surface area contributed by atoms with Crippen molar-refractivity contribution in [3.05, 3.63) is 170 Å². The number of fused-ring (bicyclic) bond motifs is 3. The Balaban J connectivity index is 0.000000208. The number of rotatable bonds is 5. The molecular weight excluding hydrogens is 835 g/mol. The van der Waals surface area contributed by atoms with Crippen molar-refractivity contribution in [2.24, 2.45) is 0 Å². The van der Waals surface area contributed by atoms with Crippen LogP contribution in [0.1, 0.15) is 5.56 Å². The molecule has 0 saturated heterocycles. The van der Waals surface area contributed by atoms with Crippen LogP contribution in [-0.2, 0) is 20.1 Å². The van der Waals surface area contributed by atoms with Gasteiger partial charge in [-0.15, -0.1) is 29.3 Å². The maximum absolute atomic E-state index is 4.85. The van der Waals surface area contributed by atoms with Crippen molar-refractivity contribution in [2.45, 2.75) is 24.2 Å². The summed E-state index contributed by atoms with van der Waals surface area (Å²) >= 11 is -1.72. The summed E-state index contributed by atoms with van der Waals surface area (Å²) in [4.78, 5) is 9.39. The minimum atomic E-state index is -1.72. The summed E-state index contributed by atoms with van der Waals surface area (Å²) < 4.78 is 3.77. The standard InChI is InChI=1S/C30H21N2.C14H16GeN.Ir/c1-21-16-17-23(18-26(21)22-10-4-2-5-11-22)28-19-30-27(20-31-28)25-14-8-9-15-29(25)32(30)24-12-6-3-7-13-24;1-15(2,3)13-9-10-14(16-11-13)12-7-5-4-6-8-12;/h2-16,18-20H,1H3;4-7,9-11H,1-3H3;/q2*-1;. The maximum Gasteiger partial charge on any atom is 0 e. The third kappa shape index (κ3) is 7.38. The number of para-hydroxylation sites is 2. The van der Waals surface area contributed by atoms with Crippen molar-refractivity contribution in [3.63, 3.8) is 0 Å². The van der Waals surface area contributed by atoms with E-state index >= 15 is 0 Å². The summed E-state index contributed by atoms with van der Waals surface area (Å²) in [6, 6.07) is 54.9.